The molecule has 1 N–H and O–H groups in total. The SMILES string of the molecule is CC(CCCC1CCCO1)C(C)C(=O)O. The van der Waals surface area contributed by atoms with Crippen LogP contribution in [0.25, 0.3) is 0 Å². The summed E-state index contributed by atoms with van der Waals surface area (Å²) in [5.41, 5.74) is 0. The third-order valence-electron chi connectivity index (χ3n) is 3.45. The predicted molar refractivity (Wildman–Crippen MR) is 58.8 cm³/mol. The summed E-state index contributed by atoms with van der Waals surface area (Å²) in [5.74, 6) is -0.641. The normalized spacial score (nSPS) is 25.1. The molecule has 0 saturated carbocycles. The van der Waals surface area contributed by atoms with Crippen LogP contribution in [0, 0.1) is 11.8 Å². The van der Waals surface area contributed by atoms with Crippen molar-refractivity contribution in [3.05, 3.63) is 0 Å². The Hall–Kier alpha value is -0.570. The zero-order valence-corrected chi connectivity index (χ0v) is 9.74. The van der Waals surface area contributed by atoms with Crippen LogP contribution in [-0.4, -0.2) is 23.8 Å². The van der Waals surface area contributed by atoms with Crippen molar-refractivity contribution in [1.82, 2.24) is 0 Å². The topological polar surface area (TPSA) is 46.5 Å². The highest BCUT2D eigenvalue weighted by Crippen LogP contribution is 2.22. The quantitative estimate of drug-likeness (QED) is 0.739. The van der Waals surface area contributed by atoms with Crippen LogP contribution in [0.4, 0.5) is 0 Å². The molecular weight excluding hydrogens is 192 g/mol. The number of carboxylic acid groups (broad SMARTS) is 1. The molecule has 1 aliphatic rings. The smallest absolute Gasteiger partial charge is 0.306 e. The molecule has 3 atom stereocenters. The molecule has 88 valence electrons. The fourth-order valence-corrected chi connectivity index (χ4v) is 2.03. The average Bonchev–Trinajstić information content (AvgIpc) is 2.69. The molecule has 0 aromatic rings. The van der Waals surface area contributed by atoms with E-state index >= 15 is 0 Å². The number of hydrogen-bond donors (Lipinski definition) is 1. The van der Waals surface area contributed by atoms with Gasteiger partial charge < -0.3 is 9.84 Å². The predicted octanol–water partition coefficient (Wildman–Crippen LogP) is 2.69. The Balaban J connectivity index is 2.10. The van der Waals surface area contributed by atoms with Crippen LogP contribution in [0.2, 0.25) is 0 Å². The van der Waals surface area contributed by atoms with Gasteiger partial charge in [0, 0.05) is 6.61 Å². The molecule has 1 heterocycles. The first-order chi connectivity index (χ1) is 7.11. The second-order valence-corrected chi connectivity index (χ2v) is 4.67. The fourth-order valence-electron chi connectivity index (χ4n) is 2.03. The Kier molecular flexibility index (Phi) is 5.09. The van der Waals surface area contributed by atoms with Crippen molar-refractivity contribution in [2.24, 2.45) is 11.8 Å². The molecule has 3 heteroatoms. The van der Waals surface area contributed by atoms with Crippen LogP contribution in [0.1, 0.15) is 46.0 Å². The third kappa shape index (κ3) is 4.20. The lowest BCUT2D eigenvalue weighted by molar-refractivity contribution is -0.142. The molecule has 0 radical (unpaired) electrons. The Bertz CT molecular complexity index is 197. The standard InChI is InChI=1S/C12H22O3/c1-9(10(2)12(13)14)5-3-6-11-7-4-8-15-11/h9-11H,3-8H2,1-2H3,(H,13,14). The van der Waals surface area contributed by atoms with Crippen molar-refractivity contribution in [3.63, 3.8) is 0 Å². The molecule has 0 aliphatic carbocycles. The summed E-state index contributed by atoms with van der Waals surface area (Å²) in [7, 11) is 0. The van der Waals surface area contributed by atoms with Crippen LogP contribution in [0.15, 0.2) is 0 Å². The summed E-state index contributed by atoms with van der Waals surface area (Å²) in [6, 6.07) is 0. The number of hydrogen-bond acceptors (Lipinski definition) is 2. The first-order valence-corrected chi connectivity index (χ1v) is 5.95. The van der Waals surface area contributed by atoms with E-state index in [-0.39, 0.29) is 11.8 Å². The lowest BCUT2D eigenvalue weighted by Crippen LogP contribution is -2.18. The van der Waals surface area contributed by atoms with Crippen molar-refractivity contribution in [2.45, 2.75) is 52.1 Å². The second-order valence-electron chi connectivity index (χ2n) is 4.67. The summed E-state index contributed by atoms with van der Waals surface area (Å²) >= 11 is 0. The highest BCUT2D eigenvalue weighted by Gasteiger charge is 2.20. The number of ether oxygens (including phenoxy) is 1. The zero-order valence-electron chi connectivity index (χ0n) is 9.74. The van der Waals surface area contributed by atoms with Gasteiger partial charge in [-0.25, -0.2) is 0 Å². The molecule has 3 unspecified atom stereocenters. The van der Waals surface area contributed by atoms with Gasteiger partial charge in [-0.2, -0.15) is 0 Å². The van der Waals surface area contributed by atoms with Gasteiger partial charge in [0.1, 0.15) is 0 Å². The summed E-state index contributed by atoms with van der Waals surface area (Å²) < 4.78 is 5.53. The van der Waals surface area contributed by atoms with Gasteiger partial charge in [0.15, 0.2) is 0 Å². The first-order valence-electron chi connectivity index (χ1n) is 5.95. The minimum absolute atomic E-state index is 0.227. The van der Waals surface area contributed by atoms with Gasteiger partial charge in [-0.1, -0.05) is 20.3 Å². The highest BCUT2D eigenvalue weighted by atomic mass is 16.5. The van der Waals surface area contributed by atoms with Crippen molar-refractivity contribution in [2.75, 3.05) is 6.61 Å². The van der Waals surface area contributed by atoms with Crippen molar-refractivity contribution < 1.29 is 14.6 Å². The lowest BCUT2D eigenvalue weighted by atomic mass is 9.90. The molecule has 1 rings (SSSR count). The van der Waals surface area contributed by atoms with Crippen LogP contribution in [-0.2, 0) is 9.53 Å². The molecule has 0 spiro atoms. The van der Waals surface area contributed by atoms with Gasteiger partial charge in [-0.05, 0) is 31.6 Å². The van der Waals surface area contributed by atoms with E-state index in [0.29, 0.717) is 6.10 Å². The second kappa shape index (κ2) is 6.11. The maximum absolute atomic E-state index is 10.7. The molecule has 1 saturated heterocycles. The highest BCUT2D eigenvalue weighted by molar-refractivity contribution is 5.69. The van der Waals surface area contributed by atoms with Gasteiger partial charge in [-0.3, -0.25) is 4.79 Å². The van der Waals surface area contributed by atoms with E-state index in [1.807, 2.05) is 6.92 Å². The Morgan fingerprint density at radius 3 is 2.80 bits per heavy atom. The molecular formula is C12H22O3. The lowest BCUT2D eigenvalue weighted by Gasteiger charge is -2.16. The van der Waals surface area contributed by atoms with Crippen molar-refractivity contribution in [1.29, 1.82) is 0 Å². The van der Waals surface area contributed by atoms with Gasteiger partial charge in [0.25, 0.3) is 0 Å². The van der Waals surface area contributed by atoms with E-state index in [1.165, 1.54) is 12.8 Å². The maximum Gasteiger partial charge on any atom is 0.306 e. The number of carboxylic acids is 1. The number of carbonyl (C=O) groups is 1. The van der Waals surface area contributed by atoms with Crippen molar-refractivity contribution in [3.8, 4) is 0 Å². The Morgan fingerprint density at radius 1 is 1.53 bits per heavy atom. The molecule has 0 amide bonds. The van der Waals surface area contributed by atoms with E-state index in [9.17, 15) is 4.79 Å². The van der Waals surface area contributed by atoms with Gasteiger partial charge >= 0.3 is 5.97 Å². The number of rotatable bonds is 6. The van der Waals surface area contributed by atoms with Gasteiger partial charge in [0.2, 0.25) is 0 Å². The van der Waals surface area contributed by atoms with Gasteiger partial charge in [-0.15, -0.1) is 0 Å². The zero-order chi connectivity index (χ0) is 11.3. The van der Waals surface area contributed by atoms with E-state index in [1.54, 1.807) is 6.92 Å². The van der Waals surface area contributed by atoms with E-state index < -0.39 is 5.97 Å². The Labute approximate surface area is 91.8 Å². The van der Waals surface area contributed by atoms with Crippen LogP contribution >= 0.6 is 0 Å². The average molecular weight is 214 g/mol. The molecule has 0 aromatic carbocycles. The molecule has 1 fully saturated rings. The van der Waals surface area contributed by atoms with E-state index in [0.717, 1.165) is 25.9 Å². The first kappa shape index (κ1) is 12.5. The fraction of sp³-hybridized carbons (Fsp3) is 0.917. The van der Waals surface area contributed by atoms with Crippen molar-refractivity contribution >= 4 is 5.97 Å². The minimum atomic E-state index is -0.681. The van der Waals surface area contributed by atoms with E-state index in [4.69, 9.17) is 9.84 Å². The molecule has 3 nitrogen and oxygen atoms in total. The van der Waals surface area contributed by atoms with Crippen LogP contribution < -0.4 is 0 Å². The molecule has 0 bridgehead atoms. The largest absolute Gasteiger partial charge is 0.481 e. The third-order valence-corrected chi connectivity index (χ3v) is 3.45. The monoisotopic (exact) mass is 214 g/mol. The summed E-state index contributed by atoms with van der Waals surface area (Å²) in [5, 5.41) is 8.84. The minimum Gasteiger partial charge on any atom is -0.481 e. The Morgan fingerprint density at radius 2 is 2.27 bits per heavy atom. The van der Waals surface area contributed by atoms with E-state index in [2.05, 4.69) is 0 Å². The number of aliphatic carboxylic acids is 1. The van der Waals surface area contributed by atoms with Crippen LogP contribution in [0.3, 0.4) is 0 Å². The molecule has 15 heavy (non-hydrogen) atoms. The molecule has 1 aliphatic heterocycles. The van der Waals surface area contributed by atoms with Crippen LogP contribution in [0.5, 0.6) is 0 Å². The summed E-state index contributed by atoms with van der Waals surface area (Å²) in [6.07, 6.45) is 5.99. The summed E-state index contributed by atoms with van der Waals surface area (Å²) in [6.45, 7) is 4.72. The molecule has 0 aromatic heterocycles. The summed E-state index contributed by atoms with van der Waals surface area (Å²) in [4.78, 5) is 10.7. The maximum atomic E-state index is 10.7. The van der Waals surface area contributed by atoms with Gasteiger partial charge in [0.05, 0.1) is 12.0 Å².